The molecule has 2 aliphatic rings. The fourth-order valence-electron chi connectivity index (χ4n) is 4.74. The number of nitrogens with zero attached hydrogens (tertiary/aromatic N) is 3. The number of aliphatic imine (C=N–C) groups is 1. The smallest absolute Gasteiger partial charge is 0.243 e. The number of carbonyl (C=O) groups is 1. The normalized spacial score (nSPS) is 22.6. The molecule has 1 atom stereocenters. The second kappa shape index (κ2) is 9.73. The van der Waals surface area contributed by atoms with Crippen LogP contribution in [0.2, 0.25) is 0 Å². The van der Waals surface area contributed by atoms with Crippen molar-refractivity contribution < 1.29 is 22.0 Å². The molecule has 2 N–H and O–H groups in total. The highest BCUT2D eigenvalue weighted by molar-refractivity contribution is 7.89. The first kappa shape index (κ1) is 25.1. The van der Waals surface area contributed by atoms with E-state index in [0.29, 0.717) is 22.5 Å². The number of hydrogen-bond donors (Lipinski definition) is 1. The van der Waals surface area contributed by atoms with Crippen molar-refractivity contribution >= 4 is 38.5 Å². The molecule has 0 amide bonds. The average molecular weight is 541 g/mol. The van der Waals surface area contributed by atoms with E-state index in [-0.39, 0.29) is 47.4 Å². The van der Waals surface area contributed by atoms with Crippen molar-refractivity contribution in [3.8, 4) is 0 Å². The predicted octanol–water partition coefficient (Wildman–Crippen LogP) is 4.63. The summed E-state index contributed by atoms with van der Waals surface area (Å²) in [6.07, 6.45) is 5.00. The second-order valence-corrected chi connectivity index (χ2v) is 11.6. The van der Waals surface area contributed by atoms with Gasteiger partial charge in [-0.2, -0.15) is 4.31 Å². The minimum atomic E-state index is -4.09. The Morgan fingerprint density at radius 1 is 1.16 bits per heavy atom. The Balaban J connectivity index is 1.61. The van der Waals surface area contributed by atoms with Gasteiger partial charge in [-0.3, -0.25) is 4.79 Å². The number of piperidine rings is 1. The fraction of sp³-hybridized carbons (Fsp3) is 0.192. The Bertz CT molecular complexity index is 1550. The maximum Gasteiger partial charge on any atom is 0.243 e. The minimum Gasteiger partial charge on any atom is -0.404 e. The lowest BCUT2D eigenvalue weighted by Gasteiger charge is -2.45. The Kier molecular flexibility index (Phi) is 6.61. The number of nitrogens with two attached hydrogens (primary N) is 1. The highest BCUT2D eigenvalue weighted by Gasteiger charge is 2.51. The Labute approximate surface area is 216 Å². The van der Waals surface area contributed by atoms with E-state index in [1.807, 2.05) is 0 Å². The number of allylic oxidation sites excluding steroid dienone is 2. The van der Waals surface area contributed by atoms with Gasteiger partial charge >= 0.3 is 0 Å². The summed E-state index contributed by atoms with van der Waals surface area (Å²) < 4.78 is 55.4. The van der Waals surface area contributed by atoms with E-state index in [9.17, 15) is 22.0 Å². The zero-order valence-electron chi connectivity index (χ0n) is 19.5. The number of rotatable bonds is 5. The molecular formula is C26H22F2N4O3S2. The van der Waals surface area contributed by atoms with Crippen LogP contribution in [0.4, 0.5) is 14.5 Å². The number of thiazole rings is 1. The van der Waals surface area contributed by atoms with Gasteiger partial charge in [0.25, 0.3) is 0 Å². The summed E-state index contributed by atoms with van der Waals surface area (Å²) in [5.74, 6) is -1.37. The van der Waals surface area contributed by atoms with Crippen LogP contribution in [-0.2, 0) is 10.0 Å². The van der Waals surface area contributed by atoms with Gasteiger partial charge in [-0.15, -0.1) is 11.3 Å². The van der Waals surface area contributed by atoms with E-state index in [1.54, 1.807) is 11.5 Å². The van der Waals surface area contributed by atoms with Crippen LogP contribution in [0.3, 0.4) is 0 Å². The monoisotopic (exact) mass is 540 g/mol. The highest BCUT2D eigenvalue weighted by Crippen LogP contribution is 2.48. The lowest BCUT2D eigenvalue weighted by molar-refractivity contribution is 0.0776. The fourth-order valence-corrected chi connectivity index (χ4v) is 6.95. The molecule has 1 aromatic heterocycles. The van der Waals surface area contributed by atoms with E-state index in [0.717, 1.165) is 6.07 Å². The lowest BCUT2D eigenvalue weighted by Crippen LogP contribution is -2.53. The van der Waals surface area contributed by atoms with Gasteiger partial charge in [0.15, 0.2) is 5.01 Å². The summed E-state index contributed by atoms with van der Waals surface area (Å²) in [4.78, 5) is 22.5. The molecule has 7 nitrogen and oxygen atoms in total. The SMILES string of the molecule is N/C=C1/C[C@]2(C(=O)c3nccs3)CN(S(=O)(=O)c3cccc(F)c3)CCC2=CC1=Nc1ccc(F)cc1. The molecule has 0 spiro atoms. The molecule has 0 radical (unpaired) electrons. The summed E-state index contributed by atoms with van der Waals surface area (Å²) >= 11 is 1.17. The Hall–Kier alpha value is -3.54. The van der Waals surface area contributed by atoms with E-state index in [1.165, 1.54) is 70.5 Å². The van der Waals surface area contributed by atoms with Gasteiger partial charge in [0, 0.05) is 24.7 Å². The molecule has 0 saturated carbocycles. The Morgan fingerprint density at radius 3 is 2.62 bits per heavy atom. The molecule has 1 aliphatic heterocycles. The standard InChI is InChI=1S/C26H22F2N4O3S2/c27-19-4-6-21(7-5-19)31-23-12-18-8-10-32(37(34,35)22-3-1-2-20(28)13-22)16-26(18,14-17(23)15-29)24(33)25-30-9-11-36-25/h1-7,9,11-13,15H,8,10,14,16,29H2/b17-15-,31-23?/t26-/m0/s1. The first-order valence-electron chi connectivity index (χ1n) is 11.4. The van der Waals surface area contributed by atoms with Crippen molar-refractivity contribution in [3.05, 3.63) is 100 Å². The van der Waals surface area contributed by atoms with Gasteiger partial charge in [0.05, 0.1) is 21.7 Å². The second-order valence-electron chi connectivity index (χ2n) is 8.81. The number of hydrogen-bond acceptors (Lipinski definition) is 7. The summed E-state index contributed by atoms with van der Waals surface area (Å²) in [7, 11) is -4.09. The molecule has 1 fully saturated rings. The van der Waals surface area contributed by atoms with Crippen LogP contribution in [-0.4, -0.2) is 42.3 Å². The third-order valence-corrected chi connectivity index (χ3v) is 9.21. The highest BCUT2D eigenvalue weighted by atomic mass is 32.2. The van der Waals surface area contributed by atoms with E-state index >= 15 is 0 Å². The van der Waals surface area contributed by atoms with Crippen LogP contribution >= 0.6 is 11.3 Å². The zero-order chi connectivity index (χ0) is 26.2. The molecule has 2 aromatic carbocycles. The number of carbonyl (C=O) groups excluding carboxylic acids is 1. The predicted molar refractivity (Wildman–Crippen MR) is 137 cm³/mol. The third kappa shape index (κ3) is 4.65. The van der Waals surface area contributed by atoms with Gasteiger partial charge in [-0.1, -0.05) is 11.6 Å². The van der Waals surface area contributed by atoms with Crippen molar-refractivity contribution in [1.29, 1.82) is 0 Å². The van der Waals surface area contributed by atoms with Gasteiger partial charge in [-0.25, -0.2) is 27.2 Å². The molecule has 37 heavy (non-hydrogen) atoms. The molecule has 3 aromatic rings. The lowest BCUT2D eigenvalue weighted by atomic mass is 9.65. The van der Waals surface area contributed by atoms with Gasteiger partial charge in [0.1, 0.15) is 11.6 Å². The summed E-state index contributed by atoms with van der Waals surface area (Å²) in [5.41, 5.74) is 7.00. The maximum absolute atomic E-state index is 13.9. The molecule has 5 rings (SSSR count). The topological polar surface area (TPSA) is 106 Å². The van der Waals surface area contributed by atoms with E-state index < -0.39 is 21.3 Å². The van der Waals surface area contributed by atoms with Crippen molar-refractivity contribution in [1.82, 2.24) is 9.29 Å². The zero-order valence-corrected chi connectivity index (χ0v) is 21.1. The van der Waals surface area contributed by atoms with Crippen LogP contribution in [0.1, 0.15) is 22.6 Å². The molecular weight excluding hydrogens is 518 g/mol. The quantitative estimate of drug-likeness (QED) is 0.475. The van der Waals surface area contributed by atoms with Crippen LogP contribution in [0.25, 0.3) is 0 Å². The summed E-state index contributed by atoms with van der Waals surface area (Å²) in [5, 5.41) is 1.94. The number of ketones is 1. The first-order chi connectivity index (χ1) is 17.7. The molecule has 11 heteroatoms. The van der Waals surface area contributed by atoms with Gasteiger partial charge in [-0.05, 0) is 73.2 Å². The van der Waals surface area contributed by atoms with Crippen molar-refractivity contribution in [2.24, 2.45) is 16.1 Å². The average Bonchev–Trinajstić information content (AvgIpc) is 3.44. The number of sulfonamides is 1. The molecule has 1 saturated heterocycles. The van der Waals surface area contributed by atoms with Gasteiger partial charge in [0.2, 0.25) is 15.8 Å². The minimum absolute atomic E-state index is 0.100. The van der Waals surface area contributed by atoms with Crippen LogP contribution in [0.15, 0.2) is 93.4 Å². The van der Waals surface area contributed by atoms with Crippen molar-refractivity contribution in [3.63, 3.8) is 0 Å². The number of aromatic nitrogens is 1. The number of benzene rings is 2. The largest absolute Gasteiger partial charge is 0.404 e. The van der Waals surface area contributed by atoms with Crippen LogP contribution < -0.4 is 5.73 Å². The molecule has 2 heterocycles. The molecule has 0 bridgehead atoms. The Morgan fingerprint density at radius 2 is 1.95 bits per heavy atom. The molecule has 190 valence electrons. The van der Waals surface area contributed by atoms with Crippen LogP contribution in [0.5, 0.6) is 0 Å². The van der Waals surface area contributed by atoms with Crippen LogP contribution in [0, 0.1) is 17.0 Å². The maximum atomic E-state index is 13.9. The first-order valence-corrected chi connectivity index (χ1v) is 13.7. The van der Waals surface area contributed by atoms with Crippen molar-refractivity contribution in [2.75, 3.05) is 13.1 Å². The summed E-state index contributed by atoms with van der Waals surface area (Å²) in [6, 6.07) is 10.5. The number of fused-ring (bicyclic) bond motifs is 1. The van der Waals surface area contributed by atoms with Gasteiger partial charge < -0.3 is 5.73 Å². The number of Topliss-reactive ketones (excluding diaryl/α,β-unsaturated/α-hetero) is 1. The molecule has 1 aliphatic carbocycles. The summed E-state index contributed by atoms with van der Waals surface area (Å²) in [6.45, 7) is -0.0552. The third-order valence-electron chi connectivity index (χ3n) is 6.60. The van der Waals surface area contributed by atoms with E-state index in [2.05, 4.69) is 9.98 Å². The number of halogens is 2. The van der Waals surface area contributed by atoms with Crippen molar-refractivity contribution in [2.45, 2.75) is 17.7 Å². The van der Waals surface area contributed by atoms with E-state index in [4.69, 9.17) is 5.73 Å². The molecule has 0 unspecified atom stereocenters.